The second-order valence-electron chi connectivity index (χ2n) is 6.59. The molecule has 6 atom stereocenters. The van der Waals surface area contributed by atoms with Crippen LogP contribution in [0.15, 0.2) is 12.2 Å². The fourth-order valence-corrected chi connectivity index (χ4v) is 4.40. The fourth-order valence-electron chi connectivity index (χ4n) is 4.40. The van der Waals surface area contributed by atoms with E-state index in [-0.39, 0.29) is 23.7 Å². The van der Waals surface area contributed by atoms with E-state index in [1.807, 2.05) is 0 Å². The number of allylic oxidation sites excluding steroid dienone is 2. The van der Waals surface area contributed by atoms with E-state index in [4.69, 9.17) is 0 Å². The lowest BCUT2D eigenvalue weighted by Crippen LogP contribution is -2.02. The van der Waals surface area contributed by atoms with Crippen molar-refractivity contribution in [2.45, 2.75) is 38.5 Å². The summed E-state index contributed by atoms with van der Waals surface area (Å²) < 4.78 is 0. The van der Waals surface area contributed by atoms with Crippen LogP contribution in [0, 0.1) is 35.5 Å². The van der Waals surface area contributed by atoms with Crippen molar-refractivity contribution in [1.29, 1.82) is 0 Å². The van der Waals surface area contributed by atoms with E-state index in [1.54, 1.807) is 0 Å². The van der Waals surface area contributed by atoms with Crippen LogP contribution < -0.4 is 0 Å². The predicted octanol–water partition coefficient (Wildman–Crippen LogP) is 2.79. The summed E-state index contributed by atoms with van der Waals surface area (Å²) in [6, 6.07) is 0. The number of hydrogen-bond donors (Lipinski definition) is 2. The summed E-state index contributed by atoms with van der Waals surface area (Å²) in [7, 11) is 0. The third kappa shape index (κ3) is 2.48. The Morgan fingerprint density at radius 2 is 1.05 bits per heavy atom. The number of hydrogen-bond acceptors (Lipinski definition) is 2. The maximum atomic E-state index is 11.2. The second kappa shape index (κ2) is 5.23. The molecule has 2 N–H and O–H groups in total. The van der Waals surface area contributed by atoms with Gasteiger partial charge in [-0.3, -0.25) is 9.59 Å². The molecule has 0 spiro atoms. The Bertz CT molecular complexity index is 402. The molecule has 0 radical (unpaired) electrons. The highest BCUT2D eigenvalue weighted by molar-refractivity contribution is 5.75. The van der Waals surface area contributed by atoms with Crippen LogP contribution >= 0.6 is 0 Å². The number of rotatable bonds is 2. The molecule has 0 aliphatic heterocycles. The van der Waals surface area contributed by atoms with Gasteiger partial charge < -0.3 is 10.2 Å². The van der Waals surface area contributed by atoms with Crippen molar-refractivity contribution in [2.24, 2.45) is 35.5 Å². The van der Waals surface area contributed by atoms with Gasteiger partial charge in [-0.25, -0.2) is 0 Å². The van der Waals surface area contributed by atoms with Crippen molar-refractivity contribution in [3.63, 3.8) is 0 Å². The van der Waals surface area contributed by atoms with Crippen molar-refractivity contribution in [1.82, 2.24) is 0 Å². The molecule has 0 heterocycles. The summed E-state index contributed by atoms with van der Waals surface area (Å²) in [4.78, 5) is 22.4. The molecule has 0 aromatic heterocycles. The van der Waals surface area contributed by atoms with E-state index < -0.39 is 11.9 Å². The Morgan fingerprint density at radius 3 is 1.40 bits per heavy atom. The van der Waals surface area contributed by atoms with Crippen molar-refractivity contribution in [2.75, 3.05) is 0 Å². The number of carboxylic acids is 2. The standard InChI is InChI=1S/C16H22O4/c17-15(18)13-9-5-3-1-2-4-6-10-12(8-7-11(9)13)14(10)16(19)20/h1-2,9-14H,3-8H2,(H,17,18)(H,19,20). The van der Waals surface area contributed by atoms with Crippen molar-refractivity contribution in [3.8, 4) is 0 Å². The average Bonchev–Trinajstić information content (AvgIpc) is 3.22. The molecule has 110 valence electrons. The van der Waals surface area contributed by atoms with Crippen LogP contribution in [0.4, 0.5) is 0 Å². The molecule has 3 rings (SSSR count). The maximum absolute atomic E-state index is 11.2. The van der Waals surface area contributed by atoms with Crippen LogP contribution in [0.3, 0.4) is 0 Å². The first-order chi connectivity index (χ1) is 9.61. The Labute approximate surface area is 118 Å². The van der Waals surface area contributed by atoms with Gasteiger partial charge in [-0.15, -0.1) is 0 Å². The van der Waals surface area contributed by atoms with Gasteiger partial charge in [-0.1, -0.05) is 12.2 Å². The highest BCUT2D eigenvalue weighted by Gasteiger charge is 2.57. The summed E-state index contributed by atoms with van der Waals surface area (Å²) >= 11 is 0. The summed E-state index contributed by atoms with van der Waals surface area (Å²) in [5.41, 5.74) is 0. The zero-order valence-electron chi connectivity index (χ0n) is 11.6. The van der Waals surface area contributed by atoms with Gasteiger partial charge in [0.25, 0.3) is 0 Å². The van der Waals surface area contributed by atoms with Crippen LogP contribution in [0.25, 0.3) is 0 Å². The first-order valence-corrected chi connectivity index (χ1v) is 7.72. The molecule has 20 heavy (non-hydrogen) atoms. The molecule has 0 amide bonds. The van der Waals surface area contributed by atoms with Gasteiger partial charge in [-0.05, 0) is 62.2 Å². The van der Waals surface area contributed by atoms with E-state index in [0.717, 1.165) is 38.5 Å². The smallest absolute Gasteiger partial charge is 0.307 e. The second-order valence-corrected chi connectivity index (χ2v) is 6.59. The lowest BCUT2D eigenvalue weighted by molar-refractivity contribution is -0.140. The lowest BCUT2D eigenvalue weighted by Gasteiger charge is -2.01. The van der Waals surface area contributed by atoms with Gasteiger partial charge in [0, 0.05) is 0 Å². The van der Waals surface area contributed by atoms with Crippen molar-refractivity contribution < 1.29 is 19.8 Å². The molecular formula is C16H22O4. The van der Waals surface area contributed by atoms with Gasteiger partial charge in [0.2, 0.25) is 0 Å². The molecule has 0 saturated heterocycles. The Balaban J connectivity index is 1.65. The van der Waals surface area contributed by atoms with Gasteiger partial charge in [0.05, 0.1) is 11.8 Å². The Morgan fingerprint density at radius 1 is 0.700 bits per heavy atom. The van der Waals surface area contributed by atoms with E-state index >= 15 is 0 Å². The van der Waals surface area contributed by atoms with Crippen LogP contribution in [-0.2, 0) is 9.59 Å². The van der Waals surface area contributed by atoms with Gasteiger partial charge in [0.15, 0.2) is 0 Å². The largest absolute Gasteiger partial charge is 0.481 e. The molecule has 2 saturated carbocycles. The van der Waals surface area contributed by atoms with Gasteiger partial charge in [0.1, 0.15) is 0 Å². The minimum absolute atomic E-state index is 0.176. The zero-order valence-corrected chi connectivity index (χ0v) is 11.6. The summed E-state index contributed by atoms with van der Waals surface area (Å²) in [5.74, 6) is -0.475. The number of aliphatic carboxylic acids is 2. The van der Waals surface area contributed by atoms with Gasteiger partial charge >= 0.3 is 11.9 Å². The monoisotopic (exact) mass is 278 g/mol. The summed E-state index contributed by atoms with van der Waals surface area (Å²) in [5, 5.41) is 18.4. The van der Waals surface area contributed by atoms with Crippen LogP contribution in [0.1, 0.15) is 38.5 Å². The third-order valence-corrected chi connectivity index (χ3v) is 5.57. The fraction of sp³-hybridized carbons (Fsp3) is 0.750. The molecule has 3 aliphatic rings. The Kier molecular flexibility index (Phi) is 3.57. The highest BCUT2D eigenvalue weighted by Crippen LogP contribution is 2.57. The average molecular weight is 278 g/mol. The van der Waals surface area contributed by atoms with Crippen molar-refractivity contribution >= 4 is 11.9 Å². The van der Waals surface area contributed by atoms with Crippen LogP contribution in [0.5, 0.6) is 0 Å². The first kappa shape index (κ1) is 13.7. The highest BCUT2D eigenvalue weighted by atomic mass is 16.4. The normalized spacial score (nSPS) is 43.4. The molecule has 0 aromatic rings. The van der Waals surface area contributed by atoms with E-state index in [1.165, 1.54) is 0 Å². The van der Waals surface area contributed by atoms with Crippen LogP contribution in [0.2, 0.25) is 0 Å². The third-order valence-electron chi connectivity index (χ3n) is 5.57. The molecule has 6 unspecified atom stereocenters. The van der Waals surface area contributed by atoms with E-state index in [0.29, 0.717) is 11.8 Å². The summed E-state index contributed by atoms with van der Waals surface area (Å²) in [6.07, 6.45) is 9.94. The van der Waals surface area contributed by atoms with E-state index in [2.05, 4.69) is 12.2 Å². The molecule has 2 fully saturated rings. The number of carboxylic acid groups (broad SMARTS) is 2. The molecule has 4 heteroatoms. The zero-order chi connectivity index (χ0) is 14.3. The predicted molar refractivity (Wildman–Crippen MR) is 73.1 cm³/mol. The molecule has 0 aromatic carbocycles. The Hall–Kier alpha value is -1.32. The van der Waals surface area contributed by atoms with Crippen molar-refractivity contribution in [3.05, 3.63) is 12.2 Å². The lowest BCUT2D eigenvalue weighted by atomic mass is 10.0. The molecule has 0 bridgehead atoms. The topological polar surface area (TPSA) is 74.6 Å². The van der Waals surface area contributed by atoms with Crippen LogP contribution in [-0.4, -0.2) is 22.2 Å². The minimum atomic E-state index is -0.666. The van der Waals surface area contributed by atoms with E-state index in [9.17, 15) is 19.8 Å². The summed E-state index contributed by atoms with van der Waals surface area (Å²) in [6.45, 7) is 0. The first-order valence-electron chi connectivity index (χ1n) is 7.72. The molecular weight excluding hydrogens is 256 g/mol. The quantitative estimate of drug-likeness (QED) is 0.762. The maximum Gasteiger partial charge on any atom is 0.307 e. The number of carbonyl (C=O) groups is 2. The molecule has 3 aliphatic carbocycles. The number of fused-ring (bicyclic) bond motifs is 2. The van der Waals surface area contributed by atoms with Gasteiger partial charge in [-0.2, -0.15) is 0 Å². The molecule has 4 nitrogen and oxygen atoms in total. The minimum Gasteiger partial charge on any atom is -0.481 e. The SMILES string of the molecule is O=C(O)C1C2CCC=CCCC3C(CCC21)C3C(=O)O.